The molecule has 1 unspecified atom stereocenters. The second kappa shape index (κ2) is 5.70. The zero-order valence-corrected chi connectivity index (χ0v) is 9.93. The van der Waals surface area contributed by atoms with Crippen LogP contribution in [-0.2, 0) is 19.0 Å². The third-order valence-corrected chi connectivity index (χ3v) is 2.22. The van der Waals surface area contributed by atoms with Crippen molar-refractivity contribution in [2.45, 2.75) is 19.0 Å². The Kier molecular flexibility index (Phi) is 4.82. The Morgan fingerprint density at radius 2 is 2.06 bits per heavy atom. The van der Waals surface area contributed by atoms with Gasteiger partial charge in [-0.15, -0.1) is 0 Å². The van der Waals surface area contributed by atoms with Gasteiger partial charge in [0.05, 0.1) is 6.61 Å². The van der Waals surface area contributed by atoms with Gasteiger partial charge in [-0.1, -0.05) is 0 Å². The minimum Gasteiger partial charge on any atom is -0.385 e. The van der Waals surface area contributed by atoms with Crippen molar-refractivity contribution >= 4 is 5.78 Å². The second-order valence-electron chi connectivity index (χ2n) is 4.05. The molecule has 6 nitrogen and oxygen atoms in total. The molecule has 1 saturated heterocycles. The average Bonchev–Trinajstić information content (AvgIpc) is 2.20. The first-order chi connectivity index (χ1) is 7.46. The normalized spacial score (nSPS) is 22.4. The van der Waals surface area contributed by atoms with Crippen LogP contribution in [0.1, 0.15) is 6.92 Å². The number of nitrogens with zero attached hydrogens (tertiary/aromatic N) is 1. The lowest BCUT2D eigenvalue weighted by Crippen LogP contribution is -2.54. The molecule has 1 aliphatic heterocycles. The molecule has 1 heterocycles. The Hall–Kier alpha value is -0.530. The lowest BCUT2D eigenvalue weighted by Gasteiger charge is -2.37. The SMILES string of the molecule is CC(O)C1(OCCN(C)C)OCC(=O)CO1. The van der Waals surface area contributed by atoms with E-state index in [9.17, 15) is 9.90 Å². The maximum atomic E-state index is 11.0. The maximum absolute atomic E-state index is 11.0. The summed E-state index contributed by atoms with van der Waals surface area (Å²) in [5.41, 5.74) is 0. The summed E-state index contributed by atoms with van der Waals surface area (Å²) in [4.78, 5) is 12.9. The number of ketones is 1. The third-order valence-electron chi connectivity index (χ3n) is 2.22. The molecule has 6 heteroatoms. The van der Waals surface area contributed by atoms with Gasteiger partial charge in [0.1, 0.15) is 19.3 Å². The van der Waals surface area contributed by atoms with Crippen LogP contribution in [0.25, 0.3) is 0 Å². The Labute approximate surface area is 95.1 Å². The number of hydrogen-bond donors (Lipinski definition) is 1. The van der Waals surface area contributed by atoms with Crippen molar-refractivity contribution < 1.29 is 24.1 Å². The maximum Gasteiger partial charge on any atom is 0.311 e. The van der Waals surface area contributed by atoms with Gasteiger partial charge in [-0.3, -0.25) is 4.79 Å². The molecule has 0 radical (unpaired) electrons. The zero-order chi connectivity index (χ0) is 12.2. The van der Waals surface area contributed by atoms with Gasteiger partial charge in [0.25, 0.3) is 0 Å². The molecule has 16 heavy (non-hydrogen) atoms. The molecular formula is C10H19NO5. The van der Waals surface area contributed by atoms with Gasteiger partial charge in [-0.25, -0.2) is 0 Å². The fourth-order valence-corrected chi connectivity index (χ4v) is 1.26. The molecule has 0 aromatic heterocycles. The van der Waals surface area contributed by atoms with Gasteiger partial charge in [-0.2, -0.15) is 0 Å². The van der Waals surface area contributed by atoms with Crippen LogP contribution in [0.15, 0.2) is 0 Å². The number of carbonyl (C=O) groups excluding carboxylic acids is 1. The second-order valence-corrected chi connectivity index (χ2v) is 4.05. The summed E-state index contributed by atoms with van der Waals surface area (Å²) in [5.74, 6) is -1.66. The topological polar surface area (TPSA) is 68.2 Å². The fourth-order valence-electron chi connectivity index (χ4n) is 1.26. The largest absolute Gasteiger partial charge is 0.385 e. The summed E-state index contributed by atoms with van der Waals surface area (Å²) in [6.45, 7) is 2.35. The minimum atomic E-state index is -1.50. The highest BCUT2D eigenvalue weighted by Crippen LogP contribution is 2.23. The summed E-state index contributed by atoms with van der Waals surface area (Å²) < 4.78 is 15.7. The van der Waals surface area contributed by atoms with E-state index in [4.69, 9.17) is 14.2 Å². The van der Waals surface area contributed by atoms with Crippen molar-refractivity contribution in [3.05, 3.63) is 0 Å². The van der Waals surface area contributed by atoms with Gasteiger partial charge in [0.15, 0.2) is 5.78 Å². The molecule has 0 saturated carbocycles. The van der Waals surface area contributed by atoms with Crippen molar-refractivity contribution in [3.63, 3.8) is 0 Å². The van der Waals surface area contributed by atoms with Crippen LogP contribution in [0, 0.1) is 0 Å². The van der Waals surface area contributed by atoms with Crippen molar-refractivity contribution in [2.75, 3.05) is 40.5 Å². The van der Waals surface area contributed by atoms with Crippen LogP contribution < -0.4 is 0 Å². The molecule has 1 N–H and O–H groups in total. The van der Waals surface area contributed by atoms with E-state index in [1.165, 1.54) is 6.92 Å². The smallest absolute Gasteiger partial charge is 0.311 e. The number of ether oxygens (including phenoxy) is 3. The lowest BCUT2D eigenvalue weighted by molar-refractivity contribution is -0.415. The van der Waals surface area contributed by atoms with E-state index in [2.05, 4.69) is 0 Å². The van der Waals surface area contributed by atoms with E-state index >= 15 is 0 Å². The molecular weight excluding hydrogens is 214 g/mol. The van der Waals surface area contributed by atoms with Crippen molar-refractivity contribution in [3.8, 4) is 0 Å². The number of Topliss-reactive ketones (excluding diaryl/α,β-unsaturated/α-hetero) is 1. The Morgan fingerprint density at radius 1 is 1.50 bits per heavy atom. The Bertz CT molecular complexity index is 231. The number of rotatable bonds is 5. The quantitative estimate of drug-likeness (QED) is 0.671. The number of carbonyl (C=O) groups is 1. The van der Waals surface area contributed by atoms with E-state index in [-0.39, 0.29) is 19.0 Å². The summed E-state index contributed by atoms with van der Waals surface area (Å²) in [6, 6.07) is 0. The van der Waals surface area contributed by atoms with Crippen molar-refractivity contribution in [1.29, 1.82) is 0 Å². The zero-order valence-electron chi connectivity index (χ0n) is 9.93. The monoisotopic (exact) mass is 233 g/mol. The Balaban J connectivity index is 2.49. The van der Waals surface area contributed by atoms with Crippen LogP contribution in [-0.4, -0.2) is 68.3 Å². The first kappa shape index (κ1) is 13.5. The van der Waals surface area contributed by atoms with E-state index < -0.39 is 12.1 Å². The third kappa shape index (κ3) is 3.50. The van der Waals surface area contributed by atoms with Gasteiger partial charge >= 0.3 is 5.97 Å². The highest BCUT2D eigenvalue weighted by molar-refractivity contribution is 5.81. The predicted molar refractivity (Wildman–Crippen MR) is 55.8 cm³/mol. The van der Waals surface area contributed by atoms with E-state index in [1.54, 1.807) is 0 Å². The summed E-state index contributed by atoms with van der Waals surface area (Å²) in [5, 5.41) is 9.58. The van der Waals surface area contributed by atoms with Crippen LogP contribution in [0.5, 0.6) is 0 Å². The molecule has 1 fully saturated rings. The number of aliphatic hydroxyl groups excluding tert-OH is 1. The van der Waals surface area contributed by atoms with E-state index in [0.717, 1.165) is 0 Å². The van der Waals surface area contributed by atoms with Crippen molar-refractivity contribution in [1.82, 2.24) is 4.90 Å². The van der Waals surface area contributed by atoms with Crippen LogP contribution in [0.3, 0.4) is 0 Å². The van der Waals surface area contributed by atoms with Crippen LogP contribution in [0.2, 0.25) is 0 Å². The lowest BCUT2D eigenvalue weighted by atomic mass is 10.3. The molecule has 0 amide bonds. The number of aliphatic hydroxyl groups is 1. The van der Waals surface area contributed by atoms with Crippen molar-refractivity contribution in [2.24, 2.45) is 0 Å². The van der Waals surface area contributed by atoms with Gasteiger partial charge < -0.3 is 24.2 Å². The molecule has 0 spiro atoms. The number of likely N-dealkylation sites (N-methyl/N-ethyl adjacent to an activating group) is 1. The number of hydrogen-bond acceptors (Lipinski definition) is 6. The first-order valence-electron chi connectivity index (χ1n) is 5.22. The van der Waals surface area contributed by atoms with Gasteiger partial charge in [-0.05, 0) is 21.0 Å². The van der Waals surface area contributed by atoms with E-state index in [0.29, 0.717) is 13.2 Å². The highest BCUT2D eigenvalue weighted by atomic mass is 16.9. The molecule has 1 aliphatic rings. The molecule has 94 valence electrons. The summed E-state index contributed by atoms with van der Waals surface area (Å²) >= 11 is 0. The highest BCUT2D eigenvalue weighted by Gasteiger charge is 2.43. The summed E-state index contributed by atoms with van der Waals surface area (Å²) in [6.07, 6.45) is -0.956. The summed E-state index contributed by atoms with van der Waals surface area (Å²) in [7, 11) is 3.81. The molecule has 1 atom stereocenters. The van der Waals surface area contributed by atoms with Gasteiger partial charge in [0, 0.05) is 6.54 Å². The van der Waals surface area contributed by atoms with Gasteiger partial charge in [0.2, 0.25) is 0 Å². The Morgan fingerprint density at radius 3 is 2.50 bits per heavy atom. The minimum absolute atomic E-state index is 0.0904. The fraction of sp³-hybridized carbons (Fsp3) is 0.900. The molecule has 0 aromatic rings. The van der Waals surface area contributed by atoms with E-state index in [1.807, 2.05) is 19.0 Å². The predicted octanol–water partition coefficient (Wildman–Crippen LogP) is -0.785. The molecule has 1 rings (SSSR count). The molecule has 0 aliphatic carbocycles. The molecule has 0 bridgehead atoms. The standard InChI is InChI=1S/C10H19NO5/c1-8(12)10(14-5-4-11(2)3)15-6-9(13)7-16-10/h8,12H,4-7H2,1-3H3. The average molecular weight is 233 g/mol. The van der Waals surface area contributed by atoms with Crippen LogP contribution >= 0.6 is 0 Å². The molecule has 0 aromatic carbocycles. The van der Waals surface area contributed by atoms with Crippen LogP contribution in [0.4, 0.5) is 0 Å². The first-order valence-corrected chi connectivity index (χ1v) is 5.22.